The summed E-state index contributed by atoms with van der Waals surface area (Å²) in [4.78, 5) is 38.3. The molecule has 0 fully saturated rings. The van der Waals surface area contributed by atoms with Crippen LogP contribution < -0.4 is 16.2 Å². The van der Waals surface area contributed by atoms with Gasteiger partial charge in [0, 0.05) is 16.2 Å². The van der Waals surface area contributed by atoms with E-state index < -0.39 is 17.9 Å². The molecule has 8 heteroatoms. The van der Waals surface area contributed by atoms with E-state index in [-0.39, 0.29) is 11.6 Å². The van der Waals surface area contributed by atoms with Crippen LogP contribution >= 0.6 is 15.9 Å². The third-order valence-corrected chi connectivity index (χ3v) is 3.43. The average Bonchev–Trinajstić information content (AvgIpc) is 2.99. The van der Waals surface area contributed by atoms with Crippen LogP contribution in [0.4, 0.5) is 0 Å². The maximum atomic E-state index is 11.9. The number of hydrazine groups is 1. The lowest BCUT2D eigenvalue weighted by Gasteiger charge is -2.14. The molecular weight excluding hydrogens is 364 g/mol. The minimum atomic E-state index is -0.807. The summed E-state index contributed by atoms with van der Waals surface area (Å²) >= 11 is 3.21. The maximum absolute atomic E-state index is 11.9. The van der Waals surface area contributed by atoms with Crippen molar-refractivity contribution in [1.82, 2.24) is 21.2 Å². The molecule has 1 aromatic carbocycles. The number of nitrogens with one attached hydrogen (secondary N) is 4. The predicted molar refractivity (Wildman–Crippen MR) is 87.5 cm³/mol. The van der Waals surface area contributed by atoms with Crippen LogP contribution in [-0.4, -0.2) is 28.7 Å². The number of hydrogen-bond acceptors (Lipinski definition) is 3. The van der Waals surface area contributed by atoms with Gasteiger partial charge >= 0.3 is 0 Å². The largest absolute Gasteiger partial charge is 0.356 e. The van der Waals surface area contributed by atoms with Gasteiger partial charge in [0.1, 0.15) is 11.7 Å². The molecule has 0 spiro atoms. The van der Waals surface area contributed by atoms with Gasteiger partial charge in [-0.15, -0.1) is 0 Å². The molecule has 1 unspecified atom stereocenters. The van der Waals surface area contributed by atoms with Crippen LogP contribution in [0.2, 0.25) is 0 Å². The van der Waals surface area contributed by atoms with E-state index in [2.05, 4.69) is 37.1 Å². The van der Waals surface area contributed by atoms with Crippen molar-refractivity contribution < 1.29 is 14.4 Å². The van der Waals surface area contributed by atoms with Crippen LogP contribution in [0.3, 0.4) is 0 Å². The Morgan fingerprint density at radius 3 is 2.39 bits per heavy atom. The minimum Gasteiger partial charge on any atom is -0.356 e. The van der Waals surface area contributed by atoms with Gasteiger partial charge in [0.2, 0.25) is 0 Å². The van der Waals surface area contributed by atoms with E-state index in [9.17, 15) is 14.4 Å². The summed E-state index contributed by atoms with van der Waals surface area (Å²) in [5.41, 5.74) is 5.26. The number of carbonyl (C=O) groups is 3. The third-order valence-electron chi connectivity index (χ3n) is 2.97. The number of benzene rings is 1. The summed E-state index contributed by atoms with van der Waals surface area (Å²) in [5.74, 6) is -1.40. The van der Waals surface area contributed by atoms with E-state index in [0.717, 1.165) is 4.47 Å². The molecule has 0 aliphatic heterocycles. The number of aromatic nitrogens is 1. The van der Waals surface area contributed by atoms with Gasteiger partial charge < -0.3 is 10.3 Å². The standard InChI is InChI=1S/C15H15BrN4O3/c1-9(18-14(22)10-5-3-2-4-6-10)13(21)19-20-15(23)12-7-11(16)8-17-12/h2-9,17H,1H3,(H,18,22)(H,19,21)(H,20,23). The first-order valence-electron chi connectivity index (χ1n) is 6.77. The molecule has 1 atom stereocenters. The zero-order valence-corrected chi connectivity index (χ0v) is 13.8. The van der Waals surface area contributed by atoms with E-state index in [1.54, 1.807) is 42.6 Å². The van der Waals surface area contributed by atoms with Crippen molar-refractivity contribution in [2.24, 2.45) is 0 Å². The SMILES string of the molecule is CC(NC(=O)c1ccccc1)C(=O)NNC(=O)c1cc(Br)c[nH]1. The molecule has 0 saturated heterocycles. The molecule has 120 valence electrons. The number of aromatic amines is 1. The van der Waals surface area contributed by atoms with Crippen molar-refractivity contribution in [2.75, 3.05) is 0 Å². The number of rotatable bonds is 4. The second-order valence-corrected chi connectivity index (χ2v) is 5.65. The van der Waals surface area contributed by atoms with Gasteiger partial charge in [-0.1, -0.05) is 18.2 Å². The number of halogens is 1. The summed E-state index contributed by atoms with van der Waals surface area (Å²) in [6, 6.07) is 9.31. The Morgan fingerprint density at radius 2 is 1.78 bits per heavy atom. The summed E-state index contributed by atoms with van der Waals surface area (Å²) in [6.45, 7) is 1.52. The van der Waals surface area contributed by atoms with E-state index in [1.807, 2.05) is 0 Å². The lowest BCUT2D eigenvalue weighted by Crippen LogP contribution is -2.51. The highest BCUT2D eigenvalue weighted by molar-refractivity contribution is 9.10. The van der Waals surface area contributed by atoms with Crippen molar-refractivity contribution in [2.45, 2.75) is 13.0 Å². The van der Waals surface area contributed by atoms with Gasteiger partial charge in [0.15, 0.2) is 0 Å². The lowest BCUT2D eigenvalue weighted by molar-refractivity contribution is -0.123. The fraction of sp³-hybridized carbons (Fsp3) is 0.133. The van der Waals surface area contributed by atoms with E-state index in [4.69, 9.17) is 0 Å². The van der Waals surface area contributed by atoms with Crippen LogP contribution in [0.15, 0.2) is 47.1 Å². The molecule has 1 aromatic heterocycles. The van der Waals surface area contributed by atoms with Gasteiger partial charge in [-0.2, -0.15) is 0 Å². The van der Waals surface area contributed by atoms with Crippen LogP contribution in [-0.2, 0) is 4.79 Å². The molecule has 0 radical (unpaired) electrons. The first-order valence-corrected chi connectivity index (χ1v) is 7.56. The summed E-state index contributed by atoms with van der Waals surface area (Å²) in [7, 11) is 0. The fourth-order valence-electron chi connectivity index (χ4n) is 1.73. The molecule has 0 bridgehead atoms. The molecule has 1 heterocycles. The Morgan fingerprint density at radius 1 is 1.09 bits per heavy atom. The molecule has 7 nitrogen and oxygen atoms in total. The highest BCUT2D eigenvalue weighted by atomic mass is 79.9. The van der Waals surface area contributed by atoms with E-state index >= 15 is 0 Å². The Hall–Kier alpha value is -2.61. The lowest BCUT2D eigenvalue weighted by atomic mass is 10.2. The minimum absolute atomic E-state index is 0.290. The van der Waals surface area contributed by atoms with Gasteiger partial charge in [0.05, 0.1) is 0 Å². The molecule has 0 aliphatic rings. The quantitative estimate of drug-likeness (QED) is 0.603. The Labute approximate surface area is 140 Å². The van der Waals surface area contributed by atoms with Crippen molar-refractivity contribution in [3.63, 3.8) is 0 Å². The van der Waals surface area contributed by atoms with E-state index in [0.29, 0.717) is 5.56 Å². The van der Waals surface area contributed by atoms with Crippen molar-refractivity contribution in [3.05, 3.63) is 58.3 Å². The first-order chi connectivity index (χ1) is 11.0. The topological polar surface area (TPSA) is 103 Å². The Balaban J connectivity index is 1.83. The van der Waals surface area contributed by atoms with Crippen LogP contribution in [0.5, 0.6) is 0 Å². The van der Waals surface area contributed by atoms with Gasteiger partial charge in [-0.3, -0.25) is 25.2 Å². The van der Waals surface area contributed by atoms with Gasteiger partial charge in [-0.05, 0) is 41.1 Å². The number of H-pyrrole nitrogens is 1. The number of amides is 3. The molecule has 3 amide bonds. The van der Waals surface area contributed by atoms with Crippen molar-refractivity contribution in [1.29, 1.82) is 0 Å². The molecule has 4 N–H and O–H groups in total. The Kier molecular flexibility index (Phi) is 5.53. The molecule has 2 rings (SSSR count). The van der Waals surface area contributed by atoms with Crippen LogP contribution in [0, 0.1) is 0 Å². The van der Waals surface area contributed by atoms with Crippen molar-refractivity contribution in [3.8, 4) is 0 Å². The van der Waals surface area contributed by atoms with Crippen LogP contribution in [0.25, 0.3) is 0 Å². The van der Waals surface area contributed by atoms with Gasteiger partial charge in [0.25, 0.3) is 17.7 Å². The Bertz CT molecular complexity index is 715. The average molecular weight is 379 g/mol. The second kappa shape index (κ2) is 7.59. The fourth-order valence-corrected chi connectivity index (χ4v) is 2.07. The summed E-state index contributed by atoms with van der Waals surface area (Å²) < 4.78 is 0.720. The predicted octanol–water partition coefficient (Wildman–Crippen LogP) is 1.36. The molecule has 0 saturated carbocycles. The van der Waals surface area contributed by atoms with Crippen molar-refractivity contribution >= 4 is 33.7 Å². The summed E-state index contributed by atoms with van der Waals surface area (Å²) in [5, 5.41) is 2.55. The molecular formula is C15H15BrN4O3. The van der Waals surface area contributed by atoms with Gasteiger partial charge in [-0.25, -0.2) is 0 Å². The van der Waals surface area contributed by atoms with E-state index in [1.165, 1.54) is 6.92 Å². The zero-order chi connectivity index (χ0) is 16.8. The summed E-state index contributed by atoms with van der Waals surface area (Å²) in [6.07, 6.45) is 1.60. The van der Waals surface area contributed by atoms with Crippen LogP contribution in [0.1, 0.15) is 27.8 Å². The monoisotopic (exact) mass is 378 g/mol. The highest BCUT2D eigenvalue weighted by Crippen LogP contribution is 2.09. The third kappa shape index (κ3) is 4.68. The zero-order valence-electron chi connectivity index (χ0n) is 12.2. The first kappa shape index (κ1) is 16.8. The second-order valence-electron chi connectivity index (χ2n) is 4.74. The molecule has 23 heavy (non-hydrogen) atoms. The smallest absolute Gasteiger partial charge is 0.286 e. The number of carbonyl (C=O) groups excluding carboxylic acids is 3. The maximum Gasteiger partial charge on any atom is 0.286 e. The highest BCUT2D eigenvalue weighted by Gasteiger charge is 2.17. The molecule has 2 aromatic rings. The normalized spacial score (nSPS) is 11.4. The molecule has 0 aliphatic carbocycles. The number of hydrogen-bond donors (Lipinski definition) is 4.